The van der Waals surface area contributed by atoms with Crippen molar-refractivity contribution in [1.29, 1.82) is 0 Å². The van der Waals surface area contributed by atoms with Crippen LogP contribution in [0.3, 0.4) is 0 Å². The predicted octanol–water partition coefficient (Wildman–Crippen LogP) is 4.78. The molecular formula is C17H15BrN4S. The second kappa shape index (κ2) is 6.37. The molecular weight excluding hydrogens is 372 g/mol. The molecule has 0 aliphatic heterocycles. The fourth-order valence-corrected chi connectivity index (χ4v) is 4.53. The fourth-order valence-electron chi connectivity index (χ4n) is 2.92. The van der Waals surface area contributed by atoms with Gasteiger partial charge < -0.3 is 0 Å². The highest BCUT2D eigenvalue weighted by Crippen LogP contribution is 2.38. The Morgan fingerprint density at radius 1 is 1.17 bits per heavy atom. The number of hydrazone groups is 1. The first-order valence-electron chi connectivity index (χ1n) is 7.62. The highest BCUT2D eigenvalue weighted by Gasteiger charge is 2.19. The van der Waals surface area contributed by atoms with Crippen molar-refractivity contribution in [2.45, 2.75) is 25.7 Å². The highest BCUT2D eigenvalue weighted by atomic mass is 79.9. The smallest absolute Gasteiger partial charge is 0.158 e. The first-order valence-corrected chi connectivity index (χ1v) is 9.23. The summed E-state index contributed by atoms with van der Waals surface area (Å²) in [7, 11) is 0. The Kier molecular flexibility index (Phi) is 4.10. The molecule has 23 heavy (non-hydrogen) atoms. The molecule has 6 heteroatoms. The van der Waals surface area contributed by atoms with Crippen LogP contribution in [0.2, 0.25) is 0 Å². The summed E-state index contributed by atoms with van der Waals surface area (Å²) in [6, 6.07) is 7.99. The van der Waals surface area contributed by atoms with Gasteiger partial charge in [0.25, 0.3) is 0 Å². The number of thiophene rings is 1. The fraction of sp³-hybridized carbons (Fsp3) is 0.235. The maximum Gasteiger partial charge on any atom is 0.158 e. The van der Waals surface area contributed by atoms with Gasteiger partial charge in [-0.3, -0.25) is 5.43 Å². The molecule has 1 aromatic carbocycles. The zero-order chi connectivity index (χ0) is 15.6. The van der Waals surface area contributed by atoms with Gasteiger partial charge in [0.05, 0.1) is 11.6 Å². The first kappa shape index (κ1) is 14.8. The molecule has 2 aromatic heterocycles. The number of nitrogens with one attached hydrogen (secondary N) is 1. The number of nitrogens with zero attached hydrogens (tertiary/aromatic N) is 3. The van der Waals surface area contributed by atoms with Crippen molar-refractivity contribution in [3.05, 3.63) is 51.1 Å². The van der Waals surface area contributed by atoms with Crippen molar-refractivity contribution >= 4 is 49.5 Å². The highest BCUT2D eigenvalue weighted by molar-refractivity contribution is 9.10. The second-order valence-corrected chi connectivity index (χ2v) is 7.44. The summed E-state index contributed by atoms with van der Waals surface area (Å²) in [6.45, 7) is 0. The van der Waals surface area contributed by atoms with Crippen LogP contribution in [0.5, 0.6) is 0 Å². The van der Waals surface area contributed by atoms with Crippen LogP contribution in [0.15, 0.2) is 40.2 Å². The molecule has 0 radical (unpaired) electrons. The average molecular weight is 387 g/mol. The number of halogens is 1. The van der Waals surface area contributed by atoms with Gasteiger partial charge in [-0.15, -0.1) is 11.3 Å². The third-order valence-electron chi connectivity index (χ3n) is 4.03. The Bertz CT molecular complexity index is 887. The van der Waals surface area contributed by atoms with Crippen LogP contribution in [-0.2, 0) is 12.8 Å². The lowest BCUT2D eigenvalue weighted by Gasteiger charge is -2.11. The molecule has 2 heterocycles. The van der Waals surface area contributed by atoms with E-state index in [2.05, 4.69) is 36.4 Å². The summed E-state index contributed by atoms with van der Waals surface area (Å²) >= 11 is 5.32. The largest absolute Gasteiger partial charge is 0.261 e. The predicted molar refractivity (Wildman–Crippen MR) is 99.4 cm³/mol. The van der Waals surface area contributed by atoms with E-state index in [9.17, 15) is 0 Å². The van der Waals surface area contributed by atoms with Crippen LogP contribution in [0.25, 0.3) is 10.2 Å². The van der Waals surface area contributed by atoms with E-state index in [1.807, 2.05) is 24.3 Å². The molecule has 0 saturated heterocycles. The van der Waals surface area contributed by atoms with Gasteiger partial charge in [-0.05, 0) is 37.3 Å². The van der Waals surface area contributed by atoms with Crippen LogP contribution in [-0.4, -0.2) is 16.2 Å². The van der Waals surface area contributed by atoms with E-state index in [1.165, 1.54) is 23.3 Å². The Morgan fingerprint density at radius 2 is 2.04 bits per heavy atom. The molecule has 1 aliphatic carbocycles. The molecule has 0 amide bonds. The van der Waals surface area contributed by atoms with Crippen molar-refractivity contribution < 1.29 is 0 Å². The van der Waals surface area contributed by atoms with E-state index in [0.717, 1.165) is 38.9 Å². The van der Waals surface area contributed by atoms with E-state index in [-0.39, 0.29) is 0 Å². The molecule has 1 N–H and O–H groups in total. The zero-order valence-corrected chi connectivity index (χ0v) is 14.8. The van der Waals surface area contributed by atoms with Crippen molar-refractivity contribution in [3.8, 4) is 0 Å². The molecule has 4 rings (SSSR count). The Balaban J connectivity index is 1.67. The van der Waals surface area contributed by atoms with Gasteiger partial charge in [-0.2, -0.15) is 5.10 Å². The molecule has 0 unspecified atom stereocenters. The SMILES string of the molecule is Brc1ccccc1/C=N/Nc1ncnc2sc3c(c12)CCCC3. The molecule has 0 bridgehead atoms. The van der Waals surface area contributed by atoms with Gasteiger partial charge in [0, 0.05) is 14.9 Å². The molecule has 0 fully saturated rings. The monoisotopic (exact) mass is 386 g/mol. The third-order valence-corrected chi connectivity index (χ3v) is 5.95. The maximum atomic E-state index is 4.44. The minimum Gasteiger partial charge on any atom is -0.261 e. The standard InChI is InChI=1S/C17H15BrN4S/c18-13-7-3-1-5-11(13)9-21-22-16-15-12-6-2-4-8-14(12)23-17(15)20-10-19-16/h1,3,5,7,9-10H,2,4,6,8H2,(H,19,20,22)/b21-9+. The van der Waals surface area contributed by atoms with E-state index in [4.69, 9.17) is 0 Å². The minimum atomic E-state index is 0.803. The summed E-state index contributed by atoms with van der Waals surface area (Å²) < 4.78 is 1.02. The molecule has 3 aromatic rings. The normalized spacial score (nSPS) is 14.3. The Hall–Kier alpha value is -1.79. The van der Waals surface area contributed by atoms with Crippen LogP contribution < -0.4 is 5.43 Å². The second-order valence-electron chi connectivity index (χ2n) is 5.50. The van der Waals surface area contributed by atoms with Gasteiger partial charge in [0.1, 0.15) is 11.2 Å². The number of aryl methyl sites for hydroxylation is 2. The first-order chi connectivity index (χ1) is 11.3. The summed E-state index contributed by atoms with van der Waals surface area (Å²) in [5.74, 6) is 0.803. The van der Waals surface area contributed by atoms with Gasteiger partial charge in [0.2, 0.25) is 0 Å². The van der Waals surface area contributed by atoms with E-state index in [0.29, 0.717) is 0 Å². The zero-order valence-electron chi connectivity index (χ0n) is 12.4. The van der Waals surface area contributed by atoms with E-state index < -0.39 is 0 Å². The topological polar surface area (TPSA) is 50.2 Å². The number of anilines is 1. The lowest BCUT2D eigenvalue weighted by atomic mass is 9.97. The summed E-state index contributed by atoms with van der Waals surface area (Å²) in [5.41, 5.74) is 5.54. The van der Waals surface area contributed by atoms with Gasteiger partial charge in [-0.25, -0.2) is 9.97 Å². The quantitative estimate of drug-likeness (QED) is 0.520. The molecule has 0 saturated carbocycles. The molecule has 0 spiro atoms. The Morgan fingerprint density at radius 3 is 2.96 bits per heavy atom. The Labute approximate surface area is 146 Å². The van der Waals surface area contributed by atoms with Crippen molar-refractivity contribution in [2.24, 2.45) is 5.10 Å². The van der Waals surface area contributed by atoms with Gasteiger partial charge in [0.15, 0.2) is 5.82 Å². The van der Waals surface area contributed by atoms with Crippen LogP contribution in [0, 0.1) is 0 Å². The van der Waals surface area contributed by atoms with Crippen molar-refractivity contribution in [1.82, 2.24) is 9.97 Å². The number of fused-ring (bicyclic) bond motifs is 3. The molecule has 0 atom stereocenters. The van der Waals surface area contributed by atoms with Crippen molar-refractivity contribution in [2.75, 3.05) is 5.43 Å². The van der Waals surface area contributed by atoms with Crippen LogP contribution >= 0.6 is 27.3 Å². The van der Waals surface area contributed by atoms with Crippen molar-refractivity contribution in [3.63, 3.8) is 0 Å². The lowest BCUT2D eigenvalue weighted by Crippen LogP contribution is -2.01. The average Bonchev–Trinajstić information content (AvgIpc) is 2.96. The number of hydrogen-bond donors (Lipinski definition) is 1. The summed E-state index contributed by atoms with van der Waals surface area (Å²) in [4.78, 5) is 11.4. The molecule has 116 valence electrons. The van der Waals surface area contributed by atoms with Crippen LogP contribution in [0.1, 0.15) is 28.8 Å². The third kappa shape index (κ3) is 2.88. The number of benzene rings is 1. The number of aromatic nitrogens is 2. The van der Waals surface area contributed by atoms with Gasteiger partial charge >= 0.3 is 0 Å². The van der Waals surface area contributed by atoms with Crippen LogP contribution in [0.4, 0.5) is 5.82 Å². The lowest BCUT2D eigenvalue weighted by molar-refractivity contribution is 0.700. The van der Waals surface area contributed by atoms with Gasteiger partial charge in [-0.1, -0.05) is 34.1 Å². The van der Waals surface area contributed by atoms with E-state index >= 15 is 0 Å². The molecule has 1 aliphatic rings. The maximum absolute atomic E-state index is 4.44. The number of hydrogen-bond acceptors (Lipinski definition) is 5. The summed E-state index contributed by atoms with van der Waals surface area (Å²) in [5, 5.41) is 5.51. The minimum absolute atomic E-state index is 0.803. The number of rotatable bonds is 3. The molecule has 4 nitrogen and oxygen atoms in total. The van der Waals surface area contributed by atoms with E-state index in [1.54, 1.807) is 23.9 Å². The summed E-state index contributed by atoms with van der Waals surface area (Å²) in [6.07, 6.45) is 8.21.